The summed E-state index contributed by atoms with van der Waals surface area (Å²) in [6.07, 6.45) is 8.46. The average molecular weight is 320 g/mol. The van der Waals surface area contributed by atoms with E-state index in [1.807, 2.05) is 13.0 Å². The maximum Gasteiger partial charge on any atom is 0.275 e. The summed E-state index contributed by atoms with van der Waals surface area (Å²) in [4.78, 5) is 12.1. The topological polar surface area (TPSA) is 59.9 Å². The van der Waals surface area contributed by atoms with E-state index >= 15 is 0 Å². The lowest BCUT2D eigenvalue weighted by molar-refractivity contribution is 0.0949. The molecule has 1 aromatic carbocycles. The van der Waals surface area contributed by atoms with E-state index in [4.69, 9.17) is 9.47 Å². The highest BCUT2D eigenvalue weighted by molar-refractivity contribution is 5.96. The molecule has 0 heterocycles. The average Bonchev–Trinajstić information content (AvgIpc) is 2.58. The van der Waals surface area contributed by atoms with E-state index in [2.05, 4.69) is 17.5 Å². The first kappa shape index (κ1) is 19.0. The molecule has 23 heavy (non-hydrogen) atoms. The Kier molecular flexibility index (Phi) is 10.3. The lowest BCUT2D eigenvalue weighted by atomic mass is 10.1. The molecule has 0 atom stereocenters. The number of nitrogens with one attached hydrogen (secondary N) is 1. The van der Waals surface area contributed by atoms with E-state index in [1.54, 1.807) is 18.2 Å². The standard InChI is InChI=1S/C18H28N2O3/c1-3-5-6-7-8-11-14-23-17-13-10-9-12-16(17)18(21)20-19-15-22-4-2/h9-10,12-13,15H,3-8,11,14H2,1-2H3,(H,20,21)/b19-15+. The van der Waals surface area contributed by atoms with Crippen LogP contribution in [-0.2, 0) is 4.74 Å². The lowest BCUT2D eigenvalue weighted by Crippen LogP contribution is -2.19. The summed E-state index contributed by atoms with van der Waals surface area (Å²) in [6.45, 7) is 5.19. The van der Waals surface area contributed by atoms with Gasteiger partial charge in [0.05, 0.1) is 18.8 Å². The number of nitrogens with zero attached hydrogens (tertiary/aromatic N) is 1. The van der Waals surface area contributed by atoms with E-state index in [0.29, 0.717) is 24.5 Å². The zero-order valence-electron chi connectivity index (χ0n) is 14.2. The third kappa shape index (κ3) is 8.24. The maximum absolute atomic E-state index is 12.1. The molecule has 1 aromatic rings. The van der Waals surface area contributed by atoms with Gasteiger partial charge in [0.2, 0.25) is 0 Å². The Bertz CT molecular complexity index is 475. The highest BCUT2D eigenvalue weighted by Crippen LogP contribution is 2.18. The Morgan fingerprint density at radius 3 is 2.65 bits per heavy atom. The van der Waals surface area contributed by atoms with Crippen LogP contribution in [0.15, 0.2) is 29.4 Å². The van der Waals surface area contributed by atoms with Crippen molar-refractivity contribution in [2.24, 2.45) is 5.10 Å². The molecule has 5 nitrogen and oxygen atoms in total. The first-order valence-electron chi connectivity index (χ1n) is 8.44. The maximum atomic E-state index is 12.1. The Labute approximate surface area is 139 Å². The minimum atomic E-state index is -0.306. The number of amides is 1. The van der Waals surface area contributed by atoms with E-state index in [-0.39, 0.29) is 5.91 Å². The smallest absolute Gasteiger partial charge is 0.275 e. The summed E-state index contributed by atoms with van der Waals surface area (Å²) in [6, 6.07) is 7.19. The van der Waals surface area contributed by atoms with Crippen molar-refractivity contribution in [2.75, 3.05) is 13.2 Å². The summed E-state index contributed by atoms with van der Waals surface area (Å²) < 4.78 is 10.7. The molecular formula is C18H28N2O3. The molecule has 0 spiro atoms. The van der Waals surface area contributed by atoms with Crippen LogP contribution in [0.4, 0.5) is 0 Å². The number of rotatable bonds is 12. The number of para-hydroxylation sites is 1. The molecule has 0 aliphatic carbocycles. The zero-order valence-corrected chi connectivity index (χ0v) is 14.2. The van der Waals surface area contributed by atoms with Gasteiger partial charge in [-0.05, 0) is 25.5 Å². The highest BCUT2D eigenvalue weighted by atomic mass is 16.5. The van der Waals surface area contributed by atoms with Gasteiger partial charge in [0.25, 0.3) is 5.91 Å². The van der Waals surface area contributed by atoms with Gasteiger partial charge < -0.3 is 9.47 Å². The van der Waals surface area contributed by atoms with Crippen molar-refractivity contribution in [3.63, 3.8) is 0 Å². The van der Waals surface area contributed by atoms with Crippen molar-refractivity contribution in [3.05, 3.63) is 29.8 Å². The summed E-state index contributed by atoms with van der Waals surface area (Å²) in [5.74, 6) is 0.282. The number of carbonyl (C=O) groups is 1. The molecule has 0 bridgehead atoms. The molecule has 1 amide bonds. The Morgan fingerprint density at radius 1 is 1.13 bits per heavy atom. The van der Waals surface area contributed by atoms with Crippen molar-refractivity contribution >= 4 is 12.3 Å². The fraction of sp³-hybridized carbons (Fsp3) is 0.556. The number of ether oxygens (including phenoxy) is 2. The molecule has 0 unspecified atom stereocenters. The predicted octanol–water partition coefficient (Wildman–Crippen LogP) is 4.14. The van der Waals surface area contributed by atoms with Crippen LogP contribution in [0.5, 0.6) is 5.75 Å². The monoisotopic (exact) mass is 320 g/mol. The number of hydrazone groups is 1. The van der Waals surface area contributed by atoms with Crippen LogP contribution in [0.3, 0.4) is 0 Å². The van der Waals surface area contributed by atoms with E-state index < -0.39 is 0 Å². The van der Waals surface area contributed by atoms with Gasteiger partial charge in [-0.15, -0.1) is 5.10 Å². The fourth-order valence-corrected chi connectivity index (χ4v) is 2.10. The molecule has 1 rings (SSSR count). The number of benzene rings is 1. The normalized spacial score (nSPS) is 10.7. The van der Waals surface area contributed by atoms with Crippen molar-refractivity contribution in [1.29, 1.82) is 0 Å². The van der Waals surface area contributed by atoms with Crippen molar-refractivity contribution in [1.82, 2.24) is 5.43 Å². The van der Waals surface area contributed by atoms with Gasteiger partial charge in [0.15, 0.2) is 6.40 Å². The lowest BCUT2D eigenvalue weighted by Gasteiger charge is -2.10. The first-order chi connectivity index (χ1) is 11.3. The van der Waals surface area contributed by atoms with Crippen molar-refractivity contribution in [2.45, 2.75) is 52.4 Å². The van der Waals surface area contributed by atoms with Crippen LogP contribution in [0.25, 0.3) is 0 Å². The summed E-state index contributed by atoms with van der Waals surface area (Å²) in [7, 11) is 0. The summed E-state index contributed by atoms with van der Waals surface area (Å²) in [5, 5.41) is 3.71. The van der Waals surface area contributed by atoms with Crippen LogP contribution in [0.1, 0.15) is 62.7 Å². The molecule has 0 saturated carbocycles. The van der Waals surface area contributed by atoms with Crippen LogP contribution in [-0.4, -0.2) is 25.5 Å². The molecule has 0 aliphatic rings. The number of unbranched alkanes of at least 4 members (excludes halogenated alkanes) is 5. The molecule has 0 aromatic heterocycles. The van der Waals surface area contributed by atoms with E-state index in [9.17, 15) is 4.79 Å². The van der Waals surface area contributed by atoms with Gasteiger partial charge in [-0.1, -0.05) is 51.2 Å². The minimum absolute atomic E-state index is 0.306. The SMILES string of the molecule is CCCCCCCCOc1ccccc1C(=O)N/N=C/OCC. The van der Waals surface area contributed by atoms with Gasteiger partial charge in [-0.3, -0.25) is 4.79 Å². The van der Waals surface area contributed by atoms with Crippen LogP contribution >= 0.6 is 0 Å². The number of hydrogen-bond donors (Lipinski definition) is 1. The molecular weight excluding hydrogens is 292 g/mol. The second-order valence-corrected chi connectivity index (χ2v) is 5.24. The van der Waals surface area contributed by atoms with Crippen LogP contribution in [0, 0.1) is 0 Å². The van der Waals surface area contributed by atoms with E-state index in [0.717, 1.165) is 12.8 Å². The minimum Gasteiger partial charge on any atom is -0.493 e. The van der Waals surface area contributed by atoms with Gasteiger partial charge in [-0.25, -0.2) is 5.43 Å². The van der Waals surface area contributed by atoms with Gasteiger partial charge in [0.1, 0.15) is 5.75 Å². The first-order valence-corrected chi connectivity index (χ1v) is 8.44. The second-order valence-electron chi connectivity index (χ2n) is 5.24. The van der Waals surface area contributed by atoms with Crippen LogP contribution in [0.2, 0.25) is 0 Å². The highest BCUT2D eigenvalue weighted by Gasteiger charge is 2.11. The molecule has 1 N–H and O–H groups in total. The third-order valence-corrected chi connectivity index (χ3v) is 3.35. The largest absolute Gasteiger partial charge is 0.493 e. The molecule has 5 heteroatoms. The van der Waals surface area contributed by atoms with Gasteiger partial charge >= 0.3 is 0 Å². The van der Waals surface area contributed by atoms with Crippen molar-refractivity contribution < 1.29 is 14.3 Å². The molecule has 0 aliphatic heterocycles. The number of hydrogen-bond acceptors (Lipinski definition) is 4. The Morgan fingerprint density at radius 2 is 1.87 bits per heavy atom. The predicted molar refractivity (Wildman–Crippen MR) is 92.9 cm³/mol. The van der Waals surface area contributed by atoms with Gasteiger partial charge in [-0.2, -0.15) is 0 Å². The quantitative estimate of drug-likeness (QED) is 0.272. The Balaban J connectivity index is 2.39. The van der Waals surface area contributed by atoms with Crippen molar-refractivity contribution in [3.8, 4) is 5.75 Å². The molecule has 0 radical (unpaired) electrons. The second kappa shape index (κ2) is 12.5. The summed E-state index contributed by atoms with van der Waals surface area (Å²) in [5.41, 5.74) is 2.90. The molecule has 128 valence electrons. The molecule has 0 saturated heterocycles. The van der Waals surface area contributed by atoms with E-state index in [1.165, 1.54) is 32.1 Å². The number of carbonyl (C=O) groups excluding carboxylic acids is 1. The van der Waals surface area contributed by atoms with Gasteiger partial charge in [0, 0.05) is 0 Å². The zero-order chi connectivity index (χ0) is 16.8. The van der Waals surface area contributed by atoms with Crippen LogP contribution < -0.4 is 10.2 Å². The third-order valence-electron chi connectivity index (χ3n) is 3.35. The fourth-order valence-electron chi connectivity index (χ4n) is 2.10. The summed E-state index contributed by atoms with van der Waals surface area (Å²) >= 11 is 0. The Hall–Kier alpha value is -2.04. The molecule has 0 fully saturated rings.